The van der Waals surface area contributed by atoms with E-state index in [9.17, 15) is 14.3 Å². The second-order valence-electron chi connectivity index (χ2n) is 4.27. The predicted molar refractivity (Wildman–Crippen MR) is 77.2 cm³/mol. The van der Waals surface area contributed by atoms with E-state index in [0.29, 0.717) is 15.4 Å². The van der Waals surface area contributed by atoms with Crippen LogP contribution in [0, 0.1) is 5.82 Å². The summed E-state index contributed by atoms with van der Waals surface area (Å²) in [6.45, 7) is 0. The highest BCUT2D eigenvalue weighted by molar-refractivity contribution is 9.10. The van der Waals surface area contributed by atoms with Crippen LogP contribution in [0.5, 0.6) is 5.75 Å². The Kier molecular flexibility index (Phi) is 3.06. The number of para-hydroxylation sites is 1. The quantitative estimate of drug-likeness (QED) is 0.682. The highest BCUT2D eigenvalue weighted by Gasteiger charge is 2.13. The van der Waals surface area contributed by atoms with Gasteiger partial charge in [-0.05, 0) is 40.2 Å². The van der Waals surface area contributed by atoms with Crippen LogP contribution in [0.1, 0.15) is 0 Å². The lowest BCUT2D eigenvalue weighted by Crippen LogP contribution is -2.03. The van der Waals surface area contributed by atoms with E-state index >= 15 is 0 Å². The summed E-state index contributed by atoms with van der Waals surface area (Å²) in [5.74, 6) is -0.476. The van der Waals surface area contributed by atoms with Crippen molar-refractivity contribution in [1.82, 2.24) is 0 Å². The summed E-state index contributed by atoms with van der Waals surface area (Å²) >= 11 is 3.16. The molecule has 0 radical (unpaired) electrons. The molecule has 2 aromatic carbocycles. The van der Waals surface area contributed by atoms with Crippen molar-refractivity contribution in [3.05, 3.63) is 63.2 Å². The molecule has 3 nitrogen and oxygen atoms in total. The molecule has 0 aliphatic carbocycles. The molecule has 1 heterocycles. The lowest BCUT2D eigenvalue weighted by molar-refractivity contribution is 0.476. The second-order valence-corrected chi connectivity index (χ2v) is 5.12. The fraction of sp³-hybridized carbons (Fsp3) is 0. The molecule has 1 N–H and O–H groups in total. The molecule has 1 aromatic heterocycles. The van der Waals surface area contributed by atoms with E-state index in [4.69, 9.17) is 4.42 Å². The molecule has 0 saturated carbocycles. The van der Waals surface area contributed by atoms with E-state index < -0.39 is 11.4 Å². The average Bonchev–Trinajstić information content (AvgIpc) is 2.40. The standard InChI is InChI=1S/C15H8BrFO3/c16-12-7-9(17)5-8-6-11(15(19)20-14(8)12)10-3-1-2-4-13(10)18/h1-7,18H. The summed E-state index contributed by atoms with van der Waals surface area (Å²) in [6, 6.07) is 10.4. The van der Waals surface area contributed by atoms with Gasteiger partial charge in [-0.2, -0.15) is 0 Å². The zero-order valence-electron chi connectivity index (χ0n) is 10.1. The van der Waals surface area contributed by atoms with Gasteiger partial charge in [0.25, 0.3) is 0 Å². The van der Waals surface area contributed by atoms with E-state index in [0.717, 1.165) is 0 Å². The van der Waals surface area contributed by atoms with Gasteiger partial charge in [0.05, 0.1) is 10.0 Å². The Morgan fingerprint density at radius 1 is 1.10 bits per heavy atom. The minimum atomic E-state index is -0.591. The minimum Gasteiger partial charge on any atom is -0.507 e. The van der Waals surface area contributed by atoms with Crippen molar-refractivity contribution in [3.8, 4) is 16.9 Å². The largest absolute Gasteiger partial charge is 0.507 e. The molecule has 0 amide bonds. The SMILES string of the molecule is O=c1oc2c(Br)cc(F)cc2cc1-c1ccccc1O. The summed E-state index contributed by atoms with van der Waals surface area (Å²) in [5.41, 5.74) is 0.221. The van der Waals surface area contributed by atoms with Gasteiger partial charge in [0.2, 0.25) is 0 Å². The molecule has 0 fully saturated rings. The topological polar surface area (TPSA) is 50.4 Å². The van der Waals surface area contributed by atoms with Crippen LogP contribution < -0.4 is 5.63 Å². The zero-order valence-corrected chi connectivity index (χ0v) is 11.6. The molecule has 0 saturated heterocycles. The first kappa shape index (κ1) is 12.9. The van der Waals surface area contributed by atoms with Gasteiger partial charge in [-0.3, -0.25) is 0 Å². The number of benzene rings is 2. The predicted octanol–water partition coefficient (Wildman–Crippen LogP) is 4.07. The Bertz CT molecular complexity index is 871. The Morgan fingerprint density at radius 2 is 1.85 bits per heavy atom. The maximum absolute atomic E-state index is 13.4. The number of fused-ring (bicyclic) bond motifs is 1. The summed E-state index contributed by atoms with van der Waals surface area (Å²) in [5, 5.41) is 10.2. The Balaban J connectivity index is 2.36. The first-order valence-corrected chi connectivity index (χ1v) is 6.57. The van der Waals surface area contributed by atoms with Gasteiger partial charge < -0.3 is 9.52 Å². The molecule has 0 spiro atoms. The molecular formula is C15H8BrFO3. The van der Waals surface area contributed by atoms with Crippen molar-refractivity contribution in [3.63, 3.8) is 0 Å². The number of phenols is 1. The van der Waals surface area contributed by atoms with Gasteiger partial charge in [0.15, 0.2) is 5.58 Å². The molecule has 0 bridgehead atoms. The summed E-state index contributed by atoms with van der Waals surface area (Å²) in [6.07, 6.45) is 0. The molecule has 5 heteroatoms. The molecule has 0 aliphatic rings. The zero-order chi connectivity index (χ0) is 14.3. The summed E-state index contributed by atoms with van der Waals surface area (Å²) in [4.78, 5) is 12.0. The highest BCUT2D eigenvalue weighted by atomic mass is 79.9. The first-order valence-electron chi connectivity index (χ1n) is 5.77. The fourth-order valence-electron chi connectivity index (χ4n) is 2.05. The smallest absolute Gasteiger partial charge is 0.344 e. The third-order valence-electron chi connectivity index (χ3n) is 2.95. The van der Waals surface area contributed by atoms with Crippen LogP contribution in [0.2, 0.25) is 0 Å². The van der Waals surface area contributed by atoms with Crippen molar-refractivity contribution >= 4 is 26.9 Å². The normalized spacial score (nSPS) is 10.9. The number of aromatic hydroxyl groups is 1. The summed E-state index contributed by atoms with van der Waals surface area (Å²) < 4.78 is 19.0. The Morgan fingerprint density at radius 3 is 2.60 bits per heavy atom. The van der Waals surface area contributed by atoms with Crippen LogP contribution in [0.25, 0.3) is 22.1 Å². The first-order chi connectivity index (χ1) is 9.56. The average molecular weight is 335 g/mol. The van der Waals surface area contributed by atoms with Crippen LogP contribution in [0.3, 0.4) is 0 Å². The van der Waals surface area contributed by atoms with Gasteiger partial charge in [-0.25, -0.2) is 9.18 Å². The second kappa shape index (κ2) is 4.76. The van der Waals surface area contributed by atoms with Crippen molar-refractivity contribution in [2.75, 3.05) is 0 Å². The maximum atomic E-state index is 13.4. The molecule has 0 aliphatic heterocycles. The van der Waals surface area contributed by atoms with E-state index in [-0.39, 0.29) is 16.9 Å². The third kappa shape index (κ3) is 2.10. The number of hydrogen-bond donors (Lipinski definition) is 1. The van der Waals surface area contributed by atoms with Crippen LogP contribution in [-0.2, 0) is 0 Å². The number of hydrogen-bond acceptors (Lipinski definition) is 3. The van der Waals surface area contributed by atoms with Gasteiger partial charge in [0.1, 0.15) is 11.6 Å². The van der Waals surface area contributed by atoms with E-state index in [1.165, 1.54) is 24.3 Å². The number of halogens is 2. The molecular weight excluding hydrogens is 327 g/mol. The van der Waals surface area contributed by atoms with Gasteiger partial charge in [-0.1, -0.05) is 18.2 Å². The van der Waals surface area contributed by atoms with Crippen LogP contribution in [-0.4, -0.2) is 5.11 Å². The monoisotopic (exact) mass is 334 g/mol. The minimum absolute atomic E-state index is 0.0328. The van der Waals surface area contributed by atoms with Gasteiger partial charge in [-0.15, -0.1) is 0 Å². The van der Waals surface area contributed by atoms with E-state index in [1.54, 1.807) is 18.2 Å². The van der Waals surface area contributed by atoms with Crippen LogP contribution in [0.4, 0.5) is 4.39 Å². The Labute approximate surface area is 121 Å². The third-order valence-corrected chi connectivity index (χ3v) is 3.53. The van der Waals surface area contributed by atoms with Crippen molar-refractivity contribution in [1.29, 1.82) is 0 Å². The number of phenolic OH excluding ortho intramolecular Hbond substituents is 1. The molecule has 3 aromatic rings. The van der Waals surface area contributed by atoms with Crippen molar-refractivity contribution < 1.29 is 13.9 Å². The Hall–Kier alpha value is -2.14. The highest BCUT2D eigenvalue weighted by Crippen LogP contribution is 2.30. The molecule has 100 valence electrons. The molecule has 20 heavy (non-hydrogen) atoms. The van der Waals surface area contributed by atoms with E-state index in [2.05, 4.69) is 15.9 Å². The van der Waals surface area contributed by atoms with Crippen molar-refractivity contribution in [2.45, 2.75) is 0 Å². The van der Waals surface area contributed by atoms with Crippen LogP contribution >= 0.6 is 15.9 Å². The summed E-state index contributed by atoms with van der Waals surface area (Å²) in [7, 11) is 0. The van der Waals surface area contributed by atoms with Crippen LogP contribution in [0.15, 0.2) is 56.1 Å². The molecule has 0 atom stereocenters. The van der Waals surface area contributed by atoms with E-state index in [1.807, 2.05) is 0 Å². The maximum Gasteiger partial charge on any atom is 0.344 e. The fourth-order valence-corrected chi connectivity index (χ4v) is 2.57. The van der Waals surface area contributed by atoms with Gasteiger partial charge >= 0.3 is 5.63 Å². The number of rotatable bonds is 1. The molecule has 0 unspecified atom stereocenters. The van der Waals surface area contributed by atoms with Crippen molar-refractivity contribution in [2.24, 2.45) is 0 Å². The van der Waals surface area contributed by atoms with Gasteiger partial charge in [0, 0.05) is 10.9 Å². The molecule has 3 rings (SSSR count). The lowest BCUT2D eigenvalue weighted by Gasteiger charge is -2.05. The lowest BCUT2D eigenvalue weighted by atomic mass is 10.1.